The van der Waals surface area contributed by atoms with Crippen LogP contribution >= 0.6 is 0 Å². The first-order chi connectivity index (χ1) is 11.3. The zero-order valence-electron chi connectivity index (χ0n) is 12.8. The number of hydrogen-bond donors (Lipinski definition) is 2. The van der Waals surface area contributed by atoms with Crippen LogP contribution in [0.25, 0.3) is 11.0 Å². The second-order valence-corrected chi connectivity index (χ2v) is 5.86. The minimum Gasteiger partial charge on any atom is -0.492 e. The summed E-state index contributed by atoms with van der Waals surface area (Å²) in [5, 5.41) is 9.32. The van der Waals surface area contributed by atoms with E-state index in [1.807, 2.05) is 42.5 Å². The van der Waals surface area contributed by atoms with Crippen molar-refractivity contribution >= 4 is 11.0 Å². The molecule has 0 atom stereocenters. The third-order valence-corrected chi connectivity index (χ3v) is 4.18. The third-order valence-electron chi connectivity index (χ3n) is 4.18. The zero-order chi connectivity index (χ0) is 15.6. The summed E-state index contributed by atoms with van der Waals surface area (Å²) in [5.74, 6) is 1.88. The minimum absolute atomic E-state index is 0.0524. The zero-order valence-corrected chi connectivity index (χ0v) is 12.8. The molecule has 0 fully saturated rings. The molecular weight excluding hydrogens is 290 g/mol. The number of fused-ring (bicyclic) bond motifs is 2. The van der Waals surface area contributed by atoms with Crippen LogP contribution in [0.4, 0.5) is 0 Å². The van der Waals surface area contributed by atoms with Crippen molar-refractivity contribution in [2.45, 2.75) is 19.7 Å². The highest BCUT2D eigenvalue weighted by molar-refractivity contribution is 5.74. The fourth-order valence-corrected chi connectivity index (χ4v) is 3.03. The summed E-state index contributed by atoms with van der Waals surface area (Å²) in [6.45, 7) is 3.10. The van der Waals surface area contributed by atoms with E-state index in [9.17, 15) is 5.11 Å². The Morgan fingerprint density at radius 1 is 1.22 bits per heavy atom. The number of aromatic nitrogens is 2. The van der Waals surface area contributed by atoms with Crippen LogP contribution in [0.15, 0.2) is 42.5 Å². The number of benzene rings is 2. The predicted molar refractivity (Wildman–Crippen MR) is 88.1 cm³/mol. The topological polar surface area (TPSA) is 61.4 Å². The third kappa shape index (κ3) is 2.93. The second-order valence-electron chi connectivity index (χ2n) is 5.86. The highest BCUT2D eigenvalue weighted by Crippen LogP contribution is 2.25. The molecule has 0 spiro atoms. The molecule has 5 heteroatoms. The van der Waals surface area contributed by atoms with Crippen molar-refractivity contribution in [1.82, 2.24) is 14.9 Å². The lowest BCUT2D eigenvalue weighted by Gasteiger charge is -2.17. The van der Waals surface area contributed by atoms with Crippen LogP contribution in [0.1, 0.15) is 17.0 Å². The Hall–Kier alpha value is -2.37. The van der Waals surface area contributed by atoms with Gasteiger partial charge in [0.15, 0.2) is 0 Å². The Labute approximate surface area is 134 Å². The monoisotopic (exact) mass is 309 g/mol. The molecular formula is C18H19N3O2. The standard InChI is InChI=1S/C18H19N3O2/c22-12-13-5-6-17-14(9-13)10-21(7-8-23-17)11-18-19-15-3-1-2-4-16(15)20-18/h1-6,9,22H,7-8,10-12H2,(H,19,20). The average molecular weight is 309 g/mol. The number of nitrogens with one attached hydrogen (secondary N) is 1. The van der Waals surface area contributed by atoms with Gasteiger partial charge in [0.2, 0.25) is 0 Å². The molecule has 0 saturated carbocycles. The van der Waals surface area contributed by atoms with Gasteiger partial charge >= 0.3 is 0 Å². The number of H-pyrrole nitrogens is 1. The van der Waals surface area contributed by atoms with Gasteiger partial charge in [0.25, 0.3) is 0 Å². The molecule has 0 unspecified atom stereocenters. The SMILES string of the molecule is OCc1ccc2c(c1)CN(Cc1nc3ccccc3[nH]1)CCO2. The quantitative estimate of drug-likeness (QED) is 0.780. The van der Waals surface area contributed by atoms with Crippen molar-refractivity contribution in [3.8, 4) is 5.75 Å². The minimum atomic E-state index is 0.0524. The van der Waals surface area contributed by atoms with Crippen molar-refractivity contribution in [1.29, 1.82) is 0 Å². The van der Waals surface area contributed by atoms with E-state index in [0.717, 1.165) is 53.4 Å². The summed E-state index contributed by atoms with van der Waals surface area (Å²) in [5.41, 5.74) is 4.09. The summed E-state index contributed by atoms with van der Waals surface area (Å²) < 4.78 is 5.82. The van der Waals surface area contributed by atoms with E-state index in [2.05, 4.69) is 14.9 Å². The Kier molecular flexibility index (Phi) is 3.73. The molecule has 1 aromatic heterocycles. The van der Waals surface area contributed by atoms with E-state index in [4.69, 9.17) is 4.74 Å². The number of nitrogens with zero attached hydrogens (tertiary/aromatic N) is 2. The molecule has 0 aliphatic carbocycles. The van der Waals surface area contributed by atoms with Crippen LogP contribution in [0.2, 0.25) is 0 Å². The average Bonchev–Trinajstić information content (AvgIpc) is 2.87. The maximum absolute atomic E-state index is 9.32. The van der Waals surface area contributed by atoms with Crippen molar-refractivity contribution in [2.24, 2.45) is 0 Å². The van der Waals surface area contributed by atoms with E-state index >= 15 is 0 Å². The van der Waals surface area contributed by atoms with Crippen molar-refractivity contribution in [3.63, 3.8) is 0 Å². The fourth-order valence-electron chi connectivity index (χ4n) is 3.03. The molecule has 2 aromatic carbocycles. The lowest BCUT2D eigenvalue weighted by Crippen LogP contribution is -2.25. The highest BCUT2D eigenvalue weighted by Gasteiger charge is 2.17. The summed E-state index contributed by atoms with van der Waals surface area (Å²) in [7, 11) is 0. The van der Waals surface area contributed by atoms with Gasteiger partial charge in [-0.05, 0) is 29.8 Å². The van der Waals surface area contributed by atoms with Crippen LogP contribution in [0.5, 0.6) is 5.75 Å². The van der Waals surface area contributed by atoms with E-state index in [-0.39, 0.29) is 6.61 Å². The van der Waals surface area contributed by atoms with E-state index in [0.29, 0.717) is 6.61 Å². The first-order valence-electron chi connectivity index (χ1n) is 7.83. The fraction of sp³-hybridized carbons (Fsp3) is 0.278. The number of aliphatic hydroxyl groups excluding tert-OH is 1. The van der Waals surface area contributed by atoms with Gasteiger partial charge in [-0.25, -0.2) is 4.98 Å². The van der Waals surface area contributed by atoms with E-state index < -0.39 is 0 Å². The predicted octanol–water partition coefficient (Wildman–Crippen LogP) is 2.45. The maximum Gasteiger partial charge on any atom is 0.123 e. The van der Waals surface area contributed by atoms with Crippen LogP contribution in [-0.2, 0) is 19.7 Å². The molecule has 0 radical (unpaired) electrons. The van der Waals surface area contributed by atoms with E-state index in [1.54, 1.807) is 0 Å². The first kappa shape index (κ1) is 14.2. The number of aromatic amines is 1. The number of imidazole rings is 1. The van der Waals surface area contributed by atoms with Crippen molar-refractivity contribution < 1.29 is 9.84 Å². The Morgan fingerprint density at radius 2 is 2.13 bits per heavy atom. The van der Waals surface area contributed by atoms with Gasteiger partial charge in [0, 0.05) is 18.7 Å². The molecule has 3 aromatic rings. The first-order valence-corrected chi connectivity index (χ1v) is 7.83. The highest BCUT2D eigenvalue weighted by atomic mass is 16.5. The maximum atomic E-state index is 9.32. The van der Waals surface area contributed by atoms with Gasteiger partial charge < -0.3 is 14.8 Å². The molecule has 0 saturated heterocycles. The smallest absolute Gasteiger partial charge is 0.123 e. The van der Waals surface area contributed by atoms with E-state index in [1.165, 1.54) is 0 Å². The number of rotatable bonds is 3. The molecule has 2 N–H and O–H groups in total. The van der Waals surface area contributed by atoms with Gasteiger partial charge in [-0.2, -0.15) is 0 Å². The van der Waals surface area contributed by atoms with Crippen LogP contribution in [-0.4, -0.2) is 33.1 Å². The largest absolute Gasteiger partial charge is 0.492 e. The molecule has 2 heterocycles. The molecule has 1 aliphatic heterocycles. The Morgan fingerprint density at radius 3 is 3.00 bits per heavy atom. The lowest BCUT2D eigenvalue weighted by molar-refractivity contribution is 0.216. The number of hydrogen-bond acceptors (Lipinski definition) is 4. The second kappa shape index (κ2) is 6.02. The molecule has 23 heavy (non-hydrogen) atoms. The Bertz CT molecular complexity index is 795. The molecule has 4 rings (SSSR count). The van der Waals surface area contributed by atoms with Crippen LogP contribution in [0, 0.1) is 0 Å². The number of aliphatic hydroxyl groups is 1. The Balaban J connectivity index is 1.56. The van der Waals surface area contributed by atoms with Gasteiger partial charge in [-0.1, -0.05) is 18.2 Å². The molecule has 0 bridgehead atoms. The van der Waals surface area contributed by atoms with Gasteiger partial charge in [0.05, 0.1) is 24.2 Å². The van der Waals surface area contributed by atoms with Crippen molar-refractivity contribution in [2.75, 3.05) is 13.2 Å². The van der Waals surface area contributed by atoms with Crippen molar-refractivity contribution in [3.05, 3.63) is 59.4 Å². The summed E-state index contributed by atoms with van der Waals surface area (Å²) >= 11 is 0. The normalized spacial score (nSPS) is 15.2. The summed E-state index contributed by atoms with van der Waals surface area (Å²) in [6, 6.07) is 14.0. The van der Waals surface area contributed by atoms with Gasteiger partial charge in [-0.15, -0.1) is 0 Å². The van der Waals surface area contributed by atoms with Gasteiger partial charge in [-0.3, -0.25) is 4.90 Å². The number of para-hydroxylation sites is 2. The molecule has 1 aliphatic rings. The molecule has 118 valence electrons. The van der Waals surface area contributed by atoms with Crippen LogP contribution < -0.4 is 4.74 Å². The van der Waals surface area contributed by atoms with Crippen LogP contribution in [0.3, 0.4) is 0 Å². The molecule has 5 nitrogen and oxygen atoms in total. The lowest BCUT2D eigenvalue weighted by atomic mass is 10.1. The summed E-state index contributed by atoms with van der Waals surface area (Å²) in [4.78, 5) is 10.3. The van der Waals surface area contributed by atoms with Gasteiger partial charge in [0.1, 0.15) is 18.2 Å². The number of ether oxygens (including phenoxy) is 1. The summed E-state index contributed by atoms with van der Waals surface area (Å²) in [6.07, 6.45) is 0. The molecule has 0 amide bonds.